The number of carboxylic acid groups (broad SMARTS) is 1. The molecule has 0 amide bonds. The van der Waals surface area contributed by atoms with Crippen molar-refractivity contribution in [1.82, 2.24) is 4.90 Å². The average molecular weight is 449 g/mol. The lowest BCUT2D eigenvalue weighted by Gasteiger charge is -2.25. The highest BCUT2D eigenvalue weighted by molar-refractivity contribution is 6.31. The minimum absolute atomic E-state index is 0. The van der Waals surface area contributed by atoms with Gasteiger partial charge in [-0.1, -0.05) is 53.2 Å². The van der Waals surface area contributed by atoms with Crippen LogP contribution in [-0.4, -0.2) is 47.9 Å². The number of carbonyl (C=O) groups is 1. The van der Waals surface area contributed by atoms with Gasteiger partial charge in [-0.05, 0) is 43.5 Å². The Morgan fingerprint density at radius 1 is 1.17 bits per heavy atom. The molecule has 0 atom stereocenters. The van der Waals surface area contributed by atoms with Crippen molar-refractivity contribution in [3.05, 3.63) is 81.4 Å². The number of aliphatic carboxylic acids is 1. The van der Waals surface area contributed by atoms with Crippen LogP contribution in [0.3, 0.4) is 0 Å². The van der Waals surface area contributed by atoms with Gasteiger partial charge in [0.05, 0.1) is 0 Å². The fourth-order valence-corrected chi connectivity index (χ4v) is 3.63. The third kappa shape index (κ3) is 6.08. The zero-order valence-corrected chi connectivity index (χ0v) is 18.7. The maximum Gasteiger partial charge on any atom is 0.332 e. The minimum Gasteiger partial charge on any atom is -0.478 e. The lowest BCUT2D eigenvalue weighted by molar-refractivity contribution is -0.133. The van der Waals surface area contributed by atoms with E-state index in [0.29, 0.717) is 30.3 Å². The Morgan fingerprint density at radius 2 is 1.90 bits per heavy atom. The quantitative estimate of drug-likeness (QED) is 0.373. The van der Waals surface area contributed by atoms with Gasteiger partial charge in [0.25, 0.3) is 0 Å². The van der Waals surface area contributed by atoms with Crippen LogP contribution >= 0.6 is 24.0 Å². The molecule has 0 aromatic heterocycles. The van der Waals surface area contributed by atoms with Gasteiger partial charge in [0.15, 0.2) is 0 Å². The highest BCUT2D eigenvalue weighted by Crippen LogP contribution is 2.21. The molecule has 0 radical (unpaired) electrons. The molecule has 3 rings (SSSR count). The van der Waals surface area contributed by atoms with Gasteiger partial charge in [-0.15, -0.1) is 12.4 Å². The van der Waals surface area contributed by atoms with Gasteiger partial charge in [-0.2, -0.15) is 0 Å². The fraction of sp³-hybridized carbons (Fsp3) is 0.304. The number of rotatable bonds is 7. The molecule has 1 heterocycles. The van der Waals surface area contributed by atoms with Gasteiger partial charge < -0.3 is 9.94 Å². The minimum atomic E-state index is -0.853. The average Bonchev–Trinajstić information content (AvgIpc) is 2.70. The van der Waals surface area contributed by atoms with Gasteiger partial charge in [0.1, 0.15) is 12.3 Å². The Morgan fingerprint density at radius 3 is 2.60 bits per heavy atom. The Labute approximate surface area is 188 Å². The summed E-state index contributed by atoms with van der Waals surface area (Å²) in [4.78, 5) is 18.9. The van der Waals surface area contributed by atoms with Crippen molar-refractivity contribution in [3.63, 3.8) is 0 Å². The molecule has 2 aromatic carbocycles. The summed E-state index contributed by atoms with van der Waals surface area (Å²) >= 11 is 6.12. The molecule has 0 saturated carbocycles. The summed E-state index contributed by atoms with van der Waals surface area (Å²) in [5, 5.41) is 14.3. The third-order valence-corrected chi connectivity index (χ3v) is 5.24. The molecule has 1 aliphatic heterocycles. The Hall–Kier alpha value is -2.34. The van der Waals surface area contributed by atoms with Gasteiger partial charge in [-0.3, -0.25) is 4.90 Å². The molecule has 1 aliphatic rings. The SMILES string of the molecule is Cc1ccccc1/C(=N\OCCN1CCC=C(C(=O)O)C1)c1ccc(Cl)cc1C.Cl. The lowest BCUT2D eigenvalue weighted by Crippen LogP contribution is -2.34. The summed E-state index contributed by atoms with van der Waals surface area (Å²) in [6, 6.07) is 13.8. The van der Waals surface area contributed by atoms with Crippen molar-refractivity contribution in [1.29, 1.82) is 0 Å². The number of carboxylic acids is 1. The summed E-state index contributed by atoms with van der Waals surface area (Å²) in [5.74, 6) is -0.853. The Bertz CT molecular complexity index is 957. The highest BCUT2D eigenvalue weighted by atomic mass is 35.5. The van der Waals surface area contributed by atoms with Crippen LogP contribution in [0.15, 0.2) is 59.3 Å². The standard InChI is InChI=1S/C23H25ClN2O3.ClH/c1-16-6-3-4-8-20(16)22(21-10-9-19(24)14-17(21)2)25-29-13-12-26-11-5-7-18(15-26)23(27)28;/h3-4,6-10,14H,5,11-13,15H2,1-2H3,(H,27,28);1H/b25-22+;. The molecule has 5 nitrogen and oxygen atoms in total. The summed E-state index contributed by atoms with van der Waals surface area (Å²) < 4.78 is 0. The van der Waals surface area contributed by atoms with E-state index >= 15 is 0 Å². The third-order valence-electron chi connectivity index (χ3n) is 5.00. The van der Waals surface area contributed by atoms with Crippen LogP contribution in [0.1, 0.15) is 28.7 Å². The number of nitrogens with zero attached hydrogens (tertiary/aromatic N) is 2. The molecule has 160 valence electrons. The summed E-state index contributed by atoms with van der Waals surface area (Å²) in [6.07, 6.45) is 2.53. The molecule has 0 aliphatic carbocycles. The van der Waals surface area contributed by atoms with Crippen molar-refractivity contribution in [2.75, 3.05) is 26.2 Å². The zero-order chi connectivity index (χ0) is 20.8. The van der Waals surface area contributed by atoms with Crippen molar-refractivity contribution in [2.24, 2.45) is 5.16 Å². The predicted molar refractivity (Wildman–Crippen MR) is 123 cm³/mol. The number of hydrogen-bond donors (Lipinski definition) is 1. The van der Waals surface area contributed by atoms with E-state index < -0.39 is 5.97 Å². The first kappa shape index (κ1) is 23.9. The van der Waals surface area contributed by atoms with Crippen LogP contribution in [0.4, 0.5) is 0 Å². The Balaban J connectivity index is 0.00000320. The number of benzene rings is 2. The van der Waals surface area contributed by atoms with Crippen molar-refractivity contribution < 1.29 is 14.7 Å². The van der Waals surface area contributed by atoms with Crippen LogP contribution in [0.25, 0.3) is 0 Å². The molecule has 0 bridgehead atoms. The second-order valence-corrected chi connectivity index (χ2v) is 7.58. The summed E-state index contributed by atoms with van der Waals surface area (Å²) in [7, 11) is 0. The highest BCUT2D eigenvalue weighted by Gasteiger charge is 2.17. The number of oxime groups is 1. The van der Waals surface area contributed by atoms with E-state index in [-0.39, 0.29) is 12.4 Å². The van der Waals surface area contributed by atoms with Crippen molar-refractivity contribution >= 4 is 35.7 Å². The smallest absolute Gasteiger partial charge is 0.332 e. The molecule has 1 N–H and O–H groups in total. The molecule has 0 unspecified atom stereocenters. The lowest BCUT2D eigenvalue weighted by atomic mass is 9.95. The van der Waals surface area contributed by atoms with Crippen LogP contribution in [0.5, 0.6) is 0 Å². The zero-order valence-electron chi connectivity index (χ0n) is 17.1. The largest absolute Gasteiger partial charge is 0.478 e. The van der Waals surface area contributed by atoms with Gasteiger partial charge in [-0.25, -0.2) is 4.79 Å². The molecular formula is C23H26Cl2N2O3. The van der Waals surface area contributed by atoms with Gasteiger partial charge in [0.2, 0.25) is 0 Å². The Kier molecular flexibility index (Phi) is 8.90. The molecule has 0 fully saturated rings. The van der Waals surface area contributed by atoms with E-state index in [1.165, 1.54) is 0 Å². The van der Waals surface area contributed by atoms with E-state index in [9.17, 15) is 4.79 Å². The number of hydrogen-bond acceptors (Lipinski definition) is 4. The van der Waals surface area contributed by atoms with Gasteiger partial charge >= 0.3 is 5.97 Å². The van der Waals surface area contributed by atoms with E-state index in [0.717, 1.165) is 40.9 Å². The molecule has 7 heteroatoms. The first-order valence-corrected chi connectivity index (χ1v) is 10.0. The van der Waals surface area contributed by atoms with Crippen LogP contribution in [0, 0.1) is 13.8 Å². The maximum atomic E-state index is 11.2. The van der Waals surface area contributed by atoms with E-state index in [2.05, 4.69) is 10.1 Å². The van der Waals surface area contributed by atoms with Crippen molar-refractivity contribution in [3.8, 4) is 0 Å². The van der Waals surface area contributed by atoms with Crippen LogP contribution < -0.4 is 0 Å². The van der Waals surface area contributed by atoms with Crippen LogP contribution in [0.2, 0.25) is 5.02 Å². The normalized spacial score (nSPS) is 14.6. The number of aryl methyl sites for hydroxylation is 2. The molecule has 2 aromatic rings. The second-order valence-electron chi connectivity index (χ2n) is 7.15. The maximum absolute atomic E-state index is 11.2. The van der Waals surface area contributed by atoms with Crippen LogP contribution in [-0.2, 0) is 9.63 Å². The molecular weight excluding hydrogens is 423 g/mol. The van der Waals surface area contributed by atoms with E-state index in [4.69, 9.17) is 21.5 Å². The second kappa shape index (κ2) is 11.2. The topological polar surface area (TPSA) is 62.1 Å². The summed E-state index contributed by atoms with van der Waals surface area (Å²) in [6.45, 7) is 6.31. The summed E-state index contributed by atoms with van der Waals surface area (Å²) in [5.41, 5.74) is 5.32. The fourth-order valence-electron chi connectivity index (χ4n) is 3.41. The first-order valence-electron chi connectivity index (χ1n) is 9.63. The first-order chi connectivity index (χ1) is 14.0. The van der Waals surface area contributed by atoms with E-state index in [1.54, 1.807) is 6.08 Å². The molecule has 0 spiro atoms. The van der Waals surface area contributed by atoms with E-state index in [1.807, 2.05) is 56.3 Å². The van der Waals surface area contributed by atoms with Crippen molar-refractivity contribution in [2.45, 2.75) is 20.3 Å². The molecule has 0 saturated heterocycles. The predicted octanol–water partition coefficient (Wildman–Crippen LogP) is 4.86. The number of halogens is 2. The monoisotopic (exact) mass is 448 g/mol. The molecule has 30 heavy (non-hydrogen) atoms. The van der Waals surface area contributed by atoms with Gasteiger partial charge in [0, 0.05) is 41.4 Å².